The number of aryl methyl sites for hydroxylation is 1. The fraction of sp³-hybridized carbons (Fsp3) is 0.364. The maximum Gasteiger partial charge on any atom is 0.235 e. The maximum atomic E-state index is 9.87. The monoisotopic (exact) mass is 191 g/mol. The van der Waals surface area contributed by atoms with E-state index in [9.17, 15) is 4.79 Å². The van der Waals surface area contributed by atoms with E-state index in [2.05, 4.69) is 4.99 Å². The van der Waals surface area contributed by atoms with Crippen LogP contribution >= 0.6 is 0 Å². The summed E-state index contributed by atoms with van der Waals surface area (Å²) in [5.41, 5.74) is 2.19. The van der Waals surface area contributed by atoms with Crippen molar-refractivity contribution in [2.45, 2.75) is 19.4 Å². The van der Waals surface area contributed by atoms with Gasteiger partial charge in [-0.25, -0.2) is 9.79 Å². The molecule has 0 aliphatic heterocycles. The minimum atomic E-state index is 0.219. The molecule has 0 radical (unpaired) electrons. The van der Waals surface area contributed by atoms with Crippen molar-refractivity contribution < 1.29 is 9.90 Å². The van der Waals surface area contributed by atoms with Crippen molar-refractivity contribution in [1.82, 2.24) is 0 Å². The Morgan fingerprint density at radius 2 is 1.86 bits per heavy atom. The molecule has 0 bridgehead atoms. The number of aliphatic hydroxyl groups is 1. The molecule has 3 nitrogen and oxygen atoms in total. The number of nitrogens with zero attached hydrogens (tertiary/aromatic N) is 1. The first-order valence-corrected chi connectivity index (χ1v) is 4.59. The van der Waals surface area contributed by atoms with Crippen molar-refractivity contribution in [3.05, 3.63) is 35.4 Å². The summed E-state index contributed by atoms with van der Waals surface area (Å²) in [5, 5.41) is 8.64. The summed E-state index contributed by atoms with van der Waals surface area (Å²) in [4.78, 5) is 13.4. The Morgan fingerprint density at radius 1 is 1.21 bits per heavy atom. The molecule has 14 heavy (non-hydrogen) atoms. The van der Waals surface area contributed by atoms with Gasteiger partial charge >= 0.3 is 0 Å². The molecular weight excluding hydrogens is 178 g/mol. The van der Waals surface area contributed by atoms with Gasteiger partial charge in [0.15, 0.2) is 0 Å². The number of isocyanates is 1. The van der Waals surface area contributed by atoms with Gasteiger partial charge in [0.2, 0.25) is 6.08 Å². The Morgan fingerprint density at radius 3 is 2.43 bits per heavy atom. The molecule has 0 aliphatic carbocycles. The van der Waals surface area contributed by atoms with Crippen LogP contribution in [0.4, 0.5) is 0 Å². The van der Waals surface area contributed by atoms with Gasteiger partial charge in [0, 0.05) is 6.61 Å². The van der Waals surface area contributed by atoms with Gasteiger partial charge in [-0.2, -0.15) is 0 Å². The molecule has 0 aliphatic rings. The molecular formula is C11H13NO2. The molecule has 1 rings (SSSR count). The van der Waals surface area contributed by atoms with E-state index in [1.807, 2.05) is 24.3 Å². The molecule has 0 aromatic heterocycles. The lowest BCUT2D eigenvalue weighted by Crippen LogP contribution is -1.90. The number of benzene rings is 1. The van der Waals surface area contributed by atoms with Crippen LogP contribution in [0.1, 0.15) is 17.5 Å². The van der Waals surface area contributed by atoms with Gasteiger partial charge in [0.1, 0.15) is 0 Å². The Balaban J connectivity index is 2.54. The number of carbonyl (C=O) groups excluding carboxylic acids is 1. The van der Waals surface area contributed by atoms with Crippen LogP contribution < -0.4 is 0 Å². The topological polar surface area (TPSA) is 49.7 Å². The summed E-state index contributed by atoms with van der Waals surface area (Å²) < 4.78 is 0. The third kappa shape index (κ3) is 3.52. The Kier molecular flexibility index (Phi) is 4.62. The van der Waals surface area contributed by atoms with Crippen LogP contribution in [0.3, 0.4) is 0 Å². The van der Waals surface area contributed by atoms with Crippen molar-refractivity contribution in [3.8, 4) is 0 Å². The number of hydrogen-bond acceptors (Lipinski definition) is 3. The highest BCUT2D eigenvalue weighted by Gasteiger charge is 1.93. The van der Waals surface area contributed by atoms with Gasteiger partial charge in [0.25, 0.3) is 0 Å². The minimum Gasteiger partial charge on any atom is -0.396 e. The van der Waals surface area contributed by atoms with Crippen LogP contribution in [0.15, 0.2) is 29.3 Å². The van der Waals surface area contributed by atoms with Gasteiger partial charge in [-0.1, -0.05) is 24.3 Å². The van der Waals surface area contributed by atoms with Crippen molar-refractivity contribution in [3.63, 3.8) is 0 Å². The second kappa shape index (κ2) is 6.08. The molecule has 0 saturated carbocycles. The third-order valence-corrected chi connectivity index (χ3v) is 1.97. The highest BCUT2D eigenvalue weighted by atomic mass is 16.2. The van der Waals surface area contributed by atoms with E-state index in [1.54, 1.807) is 0 Å². The molecule has 0 spiro atoms. The highest BCUT2D eigenvalue weighted by molar-refractivity contribution is 5.34. The molecule has 0 saturated heterocycles. The normalized spacial score (nSPS) is 9.50. The SMILES string of the molecule is O=C=NCc1ccc(CCCO)cc1. The predicted molar refractivity (Wildman–Crippen MR) is 53.7 cm³/mol. The van der Waals surface area contributed by atoms with Crippen LogP contribution in [-0.2, 0) is 17.8 Å². The van der Waals surface area contributed by atoms with Crippen LogP contribution in [0.25, 0.3) is 0 Å². The van der Waals surface area contributed by atoms with Crippen molar-refractivity contribution in [2.75, 3.05) is 6.61 Å². The lowest BCUT2D eigenvalue weighted by molar-refractivity contribution is 0.288. The first kappa shape index (κ1) is 10.6. The van der Waals surface area contributed by atoms with Gasteiger partial charge in [0.05, 0.1) is 6.54 Å². The van der Waals surface area contributed by atoms with E-state index in [4.69, 9.17) is 5.11 Å². The number of aliphatic hydroxyl groups excluding tert-OH is 1. The third-order valence-electron chi connectivity index (χ3n) is 1.97. The van der Waals surface area contributed by atoms with Crippen molar-refractivity contribution >= 4 is 6.08 Å². The van der Waals surface area contributed by atoms with E-state index in [1.165, 1.54) is 11.6 Å². The lowest BCUT2D eigenvalue weighted by Gasteiger charge is -2.00. The Bertz CT molecular complexity index is 313. The van der Waals surface area contributed by atoms with Crippen LogP contribution in [0.5, 0.6) is 0 Å². The summed E-state index contributed by atoms with van der Waals surface area (Å²) >= 11 is 0. The molecule has 3 heteroatoms. The van der Waals surface area contributed by atoms with Gasteiger partial charge in [-0.3, -0.25) is 0 Å². The van der Waals surface area contributed by atoms with Crippen molar-refractivity contribution in [1.29, 1.82) is 0 Å². The largest absolute Gasteiger partial charge is 0.396 e. The molecule has 1 N–H and O–H groups in total. The predicted octanol–water partition coefficient (Wildman–Crippen LogP) is 1.45. The van der Waals surface area contributed by atoms with E-state index in [-0.39, 0.29) is 6.61 Å². The fourth-order valence-corrected chi connectivity index (χ4v) is 1.22. The van der Waals surface area contributed by atoms with Gasteiger partial charge < -0.3 is 5.11 Å². The maximum absolute atomic E-state index is 9.87. The average molecular weight is 191 g/mol. The average Bonchev–Trinajstić information content (AvgIpc) is 2.25. The molecule has 0 fully saturated rings. The summed E-state index contributed by atoms with van der Waals surface area (Å²) in [7, 11) is 0. The quantitative estimate of drug-likeness (QED) is 0.565. The summed E-state index contributed by atoms with van der Waals surface area (Å²) in [6, 6.07) is 7.86. The molecule has 0 amide bonds. The van der Waals surface area contributed by atoms with Gasteiger partial charge in [-0.15, -0.1) is 0 Å². The van der Waals surface area contributed by atoms with E-state index >= 15 is 0 Å². The van der Waals surface area contributed by atoms with Gasteiger partial charge in [-0.05, 0) is 24.0 Å². The Hall–Kier alpha value is -1.44. The summed E-state index contributed by atoms with van der Waals surface area (Å²) in [5.74, 6) is 0. The second-order valence-corrected chi connectivity index (χ2v) is 3.05. The first-order chi connectivity index (χ1) is 6.86. The zero-order valence-corrected chi connectivity index (χ0v) is 7.94. The molecule has 74 valence electrons. The molecule has 1 aromatic carbocycles. The summed E-state index contributed by atoms with van der Waals surface area (Å²) in [6.45, 7) is 0.612. The van der Waals surface area contributed by atoms with E-state index in [0.29, 0.717) is 6.54 Å². The first-order valence-electron chi connectivity index (χ1n) is 4.59. The van der Waals surface area contributed by atoms with E-state index < -0.39 is 0 Å². The number of hydrogen-bond donors (Lipinski definition) is 1. The number of rotatable bonds is 5. The lowest BCUT2D eigenvalue weighted by atomic mass is 10.1. The second-order valence-electron chi connectivity index (χ2n) is 3.05. The zero-order chi connectivity index (χ0) is 10.2. The highest BCUT2D eigenvalue weighted by Crippen LogP contribution is 2.07. The van der Waals surface area contributed by atoms with Crippen LogP contribution in [0, 0.1) is 0 Å². The van der Waals surface area contributed by atoms with Crippen molar-refractivity contribution in [2.24, 2.45) is 4.99 Å². The molecule has 0 atom stereocenters. The van der Waals surface area contributed by atoms with Crippen LogP contribution in [-0.4, -0.2) is 17.8 Å². The Labute approximate surface area is 83.1 Å². The summed E-state index contributed by atoms with van der Waals surface area (Å²) in [6.07, 6.45) is 3.17. The van der Waals surface area contributed by atoms with Crippen LogP contribution in [0.2, 0.25) is 0 Å². The standard InChI is InChI=1S/C11H13NO2/c13-7-1-2-10-3-5-11(6-4-10)8-12-9-14/h3-6,13H,1-2,7-8H2. The molecule has 0 unspecified atom stereocenters. The zero-order valence-electron chi connectivity index (χ0n) is 7.94. The minimum absolute atomic E-state index is 0.219. The smallest absolute Gasteiger partial charge is 0.235 e. The molecule has 0 heterocycles. The fourth-order valence-electron chi connectivity index (χ4n) is 1.22. The number of aliphatic imine (C=N–C) groups is 1. The van der Waals surface area contributed by atoms with E-state index in [0.717, 1.165) is 18.4 Å². The molecule has 1 aromatic rings.